The molecule has 0 aromatic heterocycles. The van der Waals surface area contributed by atoms with Crippen LogP contribution in [0.2, 0.25) is 0 Å². The standard InChI is InChI=1S/C40H48BrN3O8/c1-6-23(2)29(21-45)44-36-38(48)43(33-24(3)14-13-15-25(33)4)19-12-8-11-18-30(46)42-28(22-50-5)34(26-16-9-7-10-17-26)51-39(49)31-32(37(44)47)40(36)20-27(41)35(31)52-40/h7-10,12-17,20,23,28-29,31-32,34-36,45H,6,11,18-19,21-22H2,1-5H3,(H,42,46)/b12-8-/t23-,28+,29-,31-,32+,34+,35-,36-,40+/m0/s1. The predicted molar refractivity (Wildman–Crippen MR) is 198 cm³/mol. The van der Waals surface area contributed by atoms with Gasteiger partial charge in [0.05, 0.1) is 31.2 Å². The molecule has 6 rings (SSSR count). The lowest BCUT2D eigenvalue weighted by Crippen LogP contribution is -2.60. The molecular formula is C40H48BrN3O8. The first-order chi connectivity index (χ1) is 25.0. The Morgan fingerprint density at radius 3 is 2.38 bits per heavy atom. The molecule has 0 radical (unpaired) electrons. The molecule has 0 unspecified atom stereocenters. The number of carbonyl (C=O) groups is 4. The summed E-state index contributed by atoms with van der Waals surface area (Å²) in [5.74, 6) is -4.22. The van der Waals surface area contributed by atoms with Gasteiger partial charge in [-0.05, 0) is 49.0 Å². The molecule has 12 heteroatoms. The van der Waals surface area contributed by atoms with Gasteiger partial charge in [-0.2, -0.15) is 0 Å². The number of likely N-dealkylation sites (tertiary alicyclic amines) is 1. The number of esters is 1. The van der Waals surface area contributed by atoms with E-state index < -0.39 is 65.6 Å². The number of nitrogens with zero attached hydrogens (tertiary/aromatic N) is 2. The second-order valence-corrected chi connectivity index (χ2v) is 15.2. The molecule has 2 saturated heterocycles. The van der Waals surface area contributed by atoms with Gasteiger partial charge in [0.25, 0.3) is 5.91 Å². The number of methoxy groups -OCH3 is 1. The molecule has 52 heavy (non-hydrogen) atoms. The van der Waals surface area contributed by atoms with Gasteiger partial charge in [-0.3, -0.25) is 19.2 Å². The Morgan fingerprint density at radius 2 is 1.73 bits per heavy atom. The number of carbonyl (C=O) groups excluding carboxylic acids is 4. The minimum Gasteiger partial charge on any atom is -0.455 e. The van der Waals surface area contributed by atoms with Crippen LogP contribution in [-0.2, 0) is 33.4 Å². The van der Waals surface area contributed by atoms with Crippen molar-refractivity contribution in [3.05, 3.63) is 87.9 Å². The summed E-state index contributed by atoms with van der Waals surface area (Å²) in [6.07, 6.45) is 4.82. The Morgan fingerprint density at radius 1 is 1.02 bits per heavy atom. The lowest BCUT2D eigenvalue weighted by molar-refractivity contribution is -0.163. The van der Waals surface area contributed by atoms with Crippen molar-refractivity contribution in [2.75, 3.05) is 31.8 Å². The fraction of sp³-hybridized carbons (Fsp3) is 0.500. The number of aliphatic hydroxyl groups excluding tert-OH is 1. The maximum Gasteiger partial charge on any atom is 0.313 e. The van der Waals surface area contributed by atoms with Gasteiger partial charge in [-0.1, -0.05) is 96.9 Å². The topological polar surface area (TPSA) is 135 Å². The van der Waals surface area contributed by atoms with Crippen molar-refractivity contribution in [1.82, 2.24) is 10.2 Å². The molecule has 4 heterocycles. The quantitative estimate of drug-likeness (QED) is 0.292. The van der Waals surface area contributed by atoms with Crippen molar-refractivity contribution in [2.45, 2.75) is 82.9 Å². The van der Waals surface area contributed by atoms with Crippen LogP contribution in [0.5, 0.6) is 0 Å². The van der Waals surface area contributed by atoms with Crippen molar-refractivity contribution in [2.24, 2.45) is 17.8 Å². The maximum atomic E-state index is 15.4. The van der Waals surface area contributed by atoms with Crippen LogP contribution in [0.15, 0.2) is 71.2 Å². The molecule has 278 valence electrons. The van der Waals surface area contributed by atoms with E-state index in [2.05, 4.69) is 21.2 Å². The van der Waals surface area contributed by atoms with Crippen LogP contribution >= 0.6 is 15.9 Å². The number of fused-ring (bicyclic) bond motifs is 2. The van der Waals surface area contributed by atoms with E-state index >= 15 is 9.59 Å². The molecule has 9 atom stereocenters. The van der Waals surface area contributed by atoms with Gasteiger partial charge < -0.3 is 34.4 Å². The first-order valence-electron chi connectivity index (χ1n) is 18.0. The normalized spacial score (nSPS) is 31.2. The minimum atomic E-state index is -1.53. The van der Waals surface area contributed by atoms with E-state index in [4.69, 9.17) is 14.2 Å². The van der Waals surface area contributed by atoms with Crippen LogP contribution in [0.1, 0.15) is 55.9 Å². The number of aliphatic hydroxyl groups is 1. The number of aryl methyl sites for hydroxylation is 2. The average molecular weight is 779 g/mol. The van der Waals surface area contributed by atoms with Crippen molar-refractivity contribution in [3.63, 3.8) is 0 Å². The SMILES string of the molecule is CC[C@H](C)[C@H](CO)N1C(=O)[C@H]2[C@@H]3C(=O)O[C@H](c4ccccc4)[C@@H](COC)NC(=O)CC/C=C\CN(c4c(C)cccc4C)C(=O)[C@H]1[C@@]21C=C(Br)[C@@H]3O1. The van der Waals surface area contributed by atoms with Gasteiger partial charge in [-0.25, -0.2) is 0 Å². The first kappa shape index (κ1) is 37.9. The van der Waals surface area contributed by atoms with Crippen LogP contribution in [0, 0.1) is 31.6 Å². The number of halogens is 1. The first-order valence-corrected chi connectivity index (χ1v) is 18.8. The number of hydrogen-bond acceptors (Lipinski definition) is 8. The monoisotopic (exact) mass is 777 g/mol. The van der Waals surface area contributed by atoms with E-state index in [1.807, 2.05) is 88.4 Å². The van der Waals surface area contributed by atoms with E-state index in [1.54, 1.807) is 11.0 Å². The van der Waals surface area contributed by atoms with Gasteiger partial charge in [-0.15, -0.1) is 0 Å². The molecule has 2 aromatic carbocycles. The highest BCUT2D eigenvalue weighted by atomic mass is 79.9. The highest BCUT2D eigenvalue weighted by Gasteiger charge is 2.75. The predicted octanol–water partition coefficient (Wildman–Crippen LogP) is 4.68. The molecule has 2 aromatic rings. The van der Waals surface area contributed by atoms with Crippen molar-refractivity contribution < 1.29 is 38.5 Å². The number of cyclic esters (lactones) is 1. The molecule has 1 spiro atoms. The zero-order valence-corrected chi connectivity index (χ0v) is 31.9. The van der Waals surface area contributed by atoms with E-state index in [0.717, 1.165) is 11.1 Å². The fourth-order valence-electron chi connectivity index (χ4n) is 8.45. The zero-order valence-electron chi connectivity index (χ0n) is 30.3. The number of anilines is 1. The largest absolute Gasteiger partial charge is 0.455 e. The highest BCUT2D eigenvalue weighted by molar-refractivity contribution is 9.11. The average Bonchev–Trinajstić information content (AvgIpc) is 3.72. The number of benzene rings is 2. The van der Waals surface area contributed by atoms with E-state index in [1.165, 1.54) is 12.0 Å². The smallest absolute Gasteiger partial charge is 0.313 e. The summed E-state index contributed by atoms with van der Waals surface area (Å²) in [4.78, 5) is 61.6. The Labute approximate surface area is 313 Å². The number of rotatable bonds is 8. The highest BCUT2D eigenvalue weighted by Crippen LogP contribution is 2.60. The Hall–Kier alpha value is -3.84. The van der Waals surface area contributed by atoms with Crippen molar-refractivity contribution >= 4 is 45.3 Å². The summed E-state index contributed by atoms with van der Waals surface area (Å²) in [6, 6.07) is 12.2. The second-order valence-electron chi connectivity index (χ2n) is 14.3. The number of amides is 3. The van der Waals surface area contributed by atoms with Crippen molar-refractivity contribution in [3.8, 4) is 0 Å². The van der Waals surface area contributed by atoms with Gasteiger partial charge in [0.2, 0.25) is 11.8 Å². The second kappa shape index (κ2) is 15.6. The van der Waals surface area contributed by atoms with Crippen molar-refractivity contribution in [1.29, 1.82) is 0 Å². The lowest BCUT2D eigenvalue weighted by atomic mass is 9.74. The summed E-state index contributed by atoms with van der Waals surface area (Å²) in [6.45, 7) is 7.60. The zero-order chi connectivity index (χ0) is 37.3. The molecule has 4 aliphatic heterocycles. The number of ether oxygens (including phenoxy) is 3. The number of nitrogens with one attached hydrogen (secondary N) is 1. The molecule has 0 aliphatic carbocycles. The molecule has 5 bridgehead atoms. The van der Waals surface area contributed by atoms with Crippen LogP contribution < -0.4 is 10.2 Å². The molecule has 11 nitrogen and oxygen atoms in total. The summed E-state index contributed by atoms with van der Waals surface area (Å²) in [5, 5.41) is 13.9. The fourth-order valence-corrected chi connectivity index (χ4v) is 9.19. The van der Waals surface area contributed by atoms with Crippen LogP contribution in [-0.4, -0.2) is 90.4 Å². The van der Waals surface area contributed by atoms with Gasteiger partial charge >= 0.3 is 5.97 Å². The summed E-state index contributed by atoms with van der Waals surface area (Å²) in [5.41, 5.74) is 1.53. The summed E-state index contributed by atoms with van der Waals surface area (Å²) < 4.78 is 19.2. The third kappa shape index (κ3) is 6.63. The van der Waals surface area contributed by atoms with E-state index in [0.29, 0.717) is 28.6 Å². The molecule has 3 amide bonds. The van der Waals surface area contributed by atoms with Gasteiger partial charge in [0.1, 0.15) is 29.8 Å². The number of hydrogen-bond donors (Lipinski definition) is 2. The number of allylic oxidation sites excluding steroid dienone is 1. The Balaban J connectivity index is 1.54. The molecule has 0 saturated carbocycles. The maximum absolute atomic E-state index is 15.4. The Kier molecular flexibility index (Phi) is 11.4. The van der Waals surface area contributed by atoms with Crippen LogP contribution in [0.3, 0.4) is 0 Å². The van der Waals surface area contributed by atoms with Gasteiger partial charge in [0.15, 0.2) is 0 Å². The lowest BCUT2D eigenvalue weighted by Gasteiger charge is -2.40. The molecule has 2 fully saturated rings. The number of para-hydroxylation sites is 1. The summed E-state index contributed by atoms with van der Waals surface area (Å²) >= 11 is 3.64. The van der Waals surface area contributed by atoms with Crippen LogP contribution in [0.25, 0.3) is 0 Å². The molecule has 4 aliphatic rings. The Bertz CT molecular complexity index is 1730. The third-order valence-electron chi connectivity index (χ3n) is 11.1. The molecular weight excluding hydrogens is 730 g/mol. The van der Waals surface area contributed by atoms with Gasteiger partial charge in [0, 0.05) is 30.2 Å². The van der Waals surface area contributed by atoms with Crippen LogP contribution in [0.4, 0.5) is 5.69 Å². The van der Waals surface area contributed by atoms with E-state index in [-0.39, 0.29) is 38.0 Å². The minimum absolute atomic E-state index is 0.0527. The summed E-state index contributed by atoms with van der Waals surface area (Å²) in [7, 11) is 1.51. The molecule has 2 N–H and O–H groups in total. The van der Waals surface area contributed by atoms with E-state index in [9.17, 15) is 14.7 Å². The third-order valence-corrected chi connectivity index (χ3v) is 11.8.